The summed E-state index contributed by atoms with van der Waals surface area (Å²) in [5.74, 6) is 0.0960. The van der Waals surface area contributed by atoms with E-state index in [0.29, 0.717) is 67.8 Å². The zero-order valence-corrected chi connectivity index (χ0v) is 20.3. The fourth-order valence-electron chi connectivity index (χ4n) is 4.90. The first-order valence-corrected chi connectivity index (χ1v) is 12.2. The van der Waals surface area contributed by atoms with Crippen LogP contribution < -0.4 is 14.2 Å². The molecule has 5 rings (SSSR count). The van der Waals surface area contributed by atoms with Crippen LogP contribution in [0.3, 0.4) is 0 Å². The van der Waals surface area contributed by atoms with E-state index in [-0.39, 0.29) is 11.3 Å². The summed E-state index contributed by atoms with van der Waals surface area (Å²) in [5, 5.41) is 11.3. The van der Waals surface area contributed by atoms with Crippen molar-refractivity contribution in [2.24, 2.45) is 0 Å². The van der Waals surface area contributed by atoms with E-state index in [1.807, 2.05) is 12.1 Å². The summed E-state index contributed by atoms with van der Waals surface area (Å²) < 4.78 is 22.0. The standard InChI is InChI=1S/C27H30N2O7/c1-33-20-5-2-4-18(16-20)24-23(25(30)19-6-7-21-22(17-19)36-15-14-35-21)26(31)27(32)29(24)9-3-8-28-10-12-34-13-11-28/h2,4-7,16-17,24,30H,3,8-15H2,1H3/t24-/m1/s1. The van der Waals surface area contributed by atoms with Gasteiger partial charge in [-0.2, -0.15) is 0 Å². The fourth-order valence-corrected chi connectivity index (χ4v) is 4.90. The van der Waals surface area contributed by atoms with E-state index in [4.69, 9.17) is 18.9 Å². The van der Waals surface area contributed by atoms with E-state index >= 15 is 0 Å². The van der Waals surface area contributed by atoms with Crippen LogP contribution in [0.2, 0.25) is 0 Å². The molecule has 36 heavy (non-hydrogen) atoms. The summed E-state index contributed by atoms with van der Waals surface area (Å²) in [6.07, 6.45) is 0.692. The summed E-state index contributed by atoms with van der Waals surface area (Å²) in [4.78, 5) is 30.4. The first-order chi connectivity index (χ1) is 17.6. The van der Waals surface area contributed by atoms with E-state index in [1.165, 1.54) is 0 Å². The number of hydrogen-bond donors (Lipinski definition) is 1. The summed E-state index contributed by atoms with van der Waals surface area (Å²) in [7, 11) is 1.56. The Morgan fingerprint density at radius 3 is 2.56 bits per heavy atom. The molecule has 0 unspecified atom stereocenters. The van der Waals surface area contributed by atoms with E-state index in [1.54, 1.807) is 42.3 Å². The van der Waals surface area contributed by atoms with Gasteiger partial charge in [-0.1, -0.05) is 12.1 Å². The minimum Gasteiger partial charge on any atom is -0.507 e. The Morgan fingerprint density at radius 2 is 1.78 bits per heavy atom. The van der Waals surface area contributed by atoms with Crippen molar-refractivity contribution >= 4 is 17.4 Å². The number of aliphatic hydroxyl groups is 1. The molecule has 2 aromatic rings. The molecule has 0 aliphatic carbocycles. The van der Waals surface area contributed by atoms with E-state index in [2.05, 4.69) is 4.90 Å². The third kappa shape index (κ3) is 4.76. The number of ether oxygens (including phenoxy) is 4. The maximum atomic E-state index is 13.3. The molecule has 3 heterocycles. The topological polar surface area (TPSA) is 97.8 Å². The number of ketones is 1. The van der Waals surface area contributed by atoms with Gasteiger partial charge in [0.25, 0.3) is 11.7 Å². The molecule has 2 fully saturated rings. The van der Waals surface area contributed by atoms with Crippen LogP contribution in [-0.2, 0) is 14.3 Å². The minimum atomic E-state index is -0.738. The van der Waals surface area contributed by atoms with E-state index in [9.17, 15) is 14.7 Å². The largest absolute Gasteiger partial charge is 0.507 e. The van der Waals surface area contributed by atoms with Crippen molar-refractivity contribution in [3.63, 3.8) is 0 Å². The number of rotatable bonds is 7. The summed E-state index contributed by atoms with van der Waals surface area (Å²) in [6, 6.07) is 11.5. The zero-order chi connectivity index (χ0) is 25.1. The number of methoxy groups -OCH3 is 1. The Balaban J connectivity index is 1.49. The van der Waals surface area contributed by atoms with Gasteiger partial charge in [-0.15, -0.1) is 0 Å². The second kappa shape index (κ2) is 10.6. The SMILES string of the molecule is COc1cccc([C@@H]2C(=C(O)c3ccc4c(c3)OCCO4)C(=O)C(=O)N2CCCN2CCOCC2)c1. The van der Waals surface area contributed by atoms with Crippen LogP contribution in [0.15, 0.2) is 48.0 Å². The van der Waals surface area contributed by atoms with Crippen LogP contribution in [0.5, 0.6) is 17.2 Å². The van der Waals surface area contributed by atoms with E-state index in [0.717, 1.165) is 19.6 Å². The number of benzene rings is 2. The van der Waals surface area contributed by atoms with Crippen LogP contribution in [0.4, 0.5) is 0 Å². The molecule has 3 aliphatic rings. The lowest BCUT2D eigenvalue weighted by Gasteiger charge is -2.29. The highest BCUT2D eigenvalue weighted by Crippen LogP contribution is 2.41. The lowest BCUT2D eigenvalue weighted by atomic mass is 9.95. The monoisotopic (exact) mass is 494 g/mol. The predicted molar refractivity (Wildman–Crippen MR) is 131 cm³/mol. The molecule has 9 nitrogen and oxygen atoms in total. The van der Waals surface area contributed by atoms with Gasteiger partial charge < -0.3 is 29.0 Å². The number of carbonyl (C=O) groups excluding carboxylic acids is 2. The average molecular weight is 495 g/mol. The second-order valence-corrected chi connectivity index (χ2v) is 8.94. The van der Waals surface area contributed by atoms with Crippen molar-refractivity contribution < 1.29 is 33.6 Å². The van der Waals surface area contributed by atoms with Crippen LogP contribution in [0.25, 0.3) is 5.76 Å². The minimum absolute atomic E-state index is 0.0521. The van der Waals surface area contributed by atoms with Crippen LogP contribution >= 0.6 is 0 Å². The third-order valence-electron chi connectivity index (χ3n) is 6.74. The van der Waals surface area contributed by atoms with Gasteiger partial charge in [0.15, 0.2) is 11.5 Å². The number of fused-ring (bicyclic) bond motifs is 1. The Morgan fingerprint density at radius 1 is 1.00 bits per heavy atom. The Bertz CT molecular complexity index is 1170. The zero-order valence-electron chi connectivity index (χ0n) is 20.3. The smallest absolute Gasteiger partial charge is 0.295 e. The lowest BCUT2D eigenvalue weighted by Crippen LogP contribution is -2.38. The summed E-state index contributed by atoms with van der Waals surface area (Å²) in [5.41, 5.74) is 1.13. The molecule has 1 amide bonds. The number of hydrogen-bond acceptors (Lipinski definition) is 8. The van der Waals surface area contributed by atoms with Crippen LogP contribution in [0, 0.1) is 0 Å². The molecule has 2 aromatic carbocycles. The number of carbonyl (C=O) groups is 2. The van der Waals surface area contributed by atoms with Crippen LogP contribution in [0.1, 0.15) is 23.6 Å². The maximum Gasteiger partial charge on any atom is 0.295 e. The summed E-state index contributed by atoms with van der Waals surface area (Å²) in [6.45, 7) is 5.11. The number of amides is 1. The van der Waals surface area contributed by atoms with Gasteiger partial charge in [0, 0.05) is 31.7 Å². The molecule has 2 saturated heterocycles. The normalized spacial score (nSPS) is 21.6. The fraction of sp³-hybridized carbons (Fsp3) is 0.407. The van der Waals surface area contributed by atoms with Gasteiger partial charge in [0.1, 0.15) is 24.7 Å². The summed E-state index contributed by atoms with van der Waals surface area (Å²) >= 11 is 0. The molecule has 0 radical (unpaired) electrons. The lowest BCUT2D eigenvalue weighted by molar-refractivity contribution is -0.140. The second-order valence-electron chi connectivity index (χ2n) is 8.94. The third-order valence-corrected chi connectivity index (χ3v) is 6.74. The van der Waals surface area contributed by atoms with Crippen LogP contribution in [-0.4, -0.2) is 86.3 Å². The van der Waals surface area contributed by atoms with Crippen molar-refractivity contribution in [2.45, 2.75) is 12.5 Å². The van der Waals surface area contributed by atoms with Gasteiger partial charge >= 0.3 is 0 Å². The molecule has 0 spiro atoms. The van der Waals surface area contributed by atoms with Crippen molar-refractivity contribution in [3.05, 3.63) is 59.2 Å². The number of likely N-dealkylation sites (tertiary alicyclic amines) is 1. The van der Waals surface area contributed by atoms with Crippen molar-refractivity contribution in [2.75, 3.05) is 59.7 Å². The van der Waals surface area contributed by atoms with Gasteiger partial charge in [-0.25, -0.2) is 0 Å². The molecular formula is C27H30N2O7. The number of Topliss-reactive ketones (excluding diaryl/α,β-unsaturated/α-hetero) is 1. The number of nitrogens with zero attached hydrogens (tertiary/aromatic N) is 2. The molecule has 190 valence electrons. The first kappa shape index (κ1) is 24.1. The first-order valence-electron chi connectivity index (χ1n) is 12.2. The molecule has 0 saturated carbocycles. The van der Waals surface area contributed by atoms with Gasteiger partial charge in [0.2, 0.25) is 0 Å². The molecule has 3 aliphatic heterocycles. The predicted octanol–water partition coefficient (Wildman–Crippen LogP) is 2.61. The number of aliphatic hydroxyl groups excluding tert-OH is 1. The maximum absolute atomic E-state index is 13.3. The van der Waals surface area contributed by atoms with Gasteiger partial charge in [-0.3, -0.25) is 14.5 Å². The highest BCUT2D eigenvalue weighted by Gasteiger charge is 2.46. The molecule has 1 atom stereocenters. The Hall–Kier alpha value is -3.56. The molecule has 1 N–H and O–H groups in total. The molecule has 0 bridgehead atoms. The quantitative estimate of drug-likeness (QED) is 0.357. The van der Waals surface area contributed by atoms with Crippen molar-refractivity contribution in [3.8, 4) is 17.2 Å². The molecule has 0 aromatic heterocycles. The highest BCUT2D eigenvalue weighted by molar-refractivity contribution is 6.46. The Labute approximate surface area is 209 Å². The van der Waals surface area contributed by atoms with Gasteiger partial charge in [0.05, 0.1) is 31.9 Å². The molecule has 9 heteroatoms. The van der Waals surface area contributed by atoms with Crippen molar-refractivity contribution in [1.29, 1.82) is 0 Å². The van der Waals surface area contributed by atoms with E-state index < -0.39 is 17.7 Å². The number of morpholine rings is 1. The Kier molecular flexibility index (Phi) is 7.11. The highest BCUT2D eigenvalue weighted by atomic mass is 16.6. The van der Waals surface area contributed by atoms with Gasteiger partial charge in [-0.05, 0) is 42.3 Å². The van der Waals surface area contributed by atoms with Crippen molar-refractivity contribution in [1.82, 2.24) is 9.80 Å². The molecular weight excluding hydrogens is 464 g/mol. The average Bonchev–Trinajstić information content (AvgIpc) is 3.18.